The Balaban J connectivity index is 1.57. The van der Waals surface area contributed by atoms with Gasteiger partial charge in [0, 0.05) is 12.1 Å². The molecular weight excluding hydrogens is 420 g/mol. The van der Waals surface area contributed by atoms with Crippen molar-refractivity contribution in [1.82, 2.24) is 9.55 Å². The molecule has 1 aliphatic carbocycles. The minimum Gasteiger partial charge on any atom is -0.465 e. The molecule has 0 N–H and O–H groups in total. The summed E-state index contributed by atoms with van der Waals surface area (Å²) in [5.41, 5.74) is 3.83. The minimum absolute atomic E-state index is 0.0835. The molecule has 1 unspecified atom stereocenters. The van der Waals surface area contributed by atoms with Gasteiger partial charge < -0.3 is 9.30 Å². The largest absolute Gasteiger partial charge is 0.465 e. The van der Waals surface area contributed by atoms with Crippen LogP contribution in [0.5, 0.6) is 0 Å². The normalized spacial score (nSPS) is 17.3. The molecule has 0 aliphatic heterocycles. The Labute approximate surface area is 201 Å². The van der Waals surface area contributed by atoms with Crippen molar-refractivity contribution in [3.8, 4) is 0 Å². The SMILES string of the molecule is CCCCOC(=O)C1C[C@@H]1c1cn(C(c2ccccc2)(c2ccccc2)c2ccccc2)cn1. The third kappa shape index (κ3) is 4.05. The van der Waals surface area contributed by atoms with Crippen LogP contribution in [0, 0.1) is 5.92 Å². The summed E-state index contributed by atoms with van der Waals surface area (Å²) >= 11 is 0. The van der Waals surface area contributed by atoms with Crippen LogP contribution in [-0.2, 0) is 15.1 Å². The van der Waals surface area contributed by atoms with Crippen LogP contribution in [0.25, 0.3) is 0 Å². The molecule has 1 aliphatic rings. The number of aromatic nitrogens is 2. The van der Waals surface area contributed by atoms with Crippen molar-refractivity contribution in [3.63, 3.8) is 0 Å². The first-order valence-corrected chi connectivity index (χ1v) is 12.1. The summed E-state index contributed by atoms with van der Waals surface area (Å²) < 4.78 is 7.68. The van der Waals surface area contributed by atoms with E-state index >= 15 is 0 Å². The van der Waals surface area contributed by atoms with Crippen molar-refractivity contribution in [2.24, 2.45) is 5.92 Å². The van der Waals surface area contributed by atoms with Gasteiger partial charge in [0.1, 0.15) is 5.54 Å². The van der Waals surface area contributed by atoms with E-state index < -0.39 is 5.54 Å². The van der Waals surface area contributed by atoms with Crippen LogP contribution < -0.4 is 0 Å². The number of hydrogen-bond donors (Lipinski definition) is 0. The minimum atomic E-state index is -0.582. The van der Waals surface area contributed by atoms with Crippen LogP contribution in [0.1, 0.15) is 54.5 Å². The first-order valence-electron chi connectivity index (χ1n) is 12.1. The van der Waals surface area contributed by atoms with E-state index in [1.807, 2.05) is 24.5 Å². The maximum absolute atomic E-state index is 12.5. The van der Waals surface area contributed by atoms with Crippen LogP contribution in [0.4, 0.5) is 0 Å². The summed E-state index contributed by atoms with van der Waals surface area (Å²) in [6.45, 7) is 2.60. The average Bonchev–Trinajstić information content (AvgIpc) is 3.56. The second-order valence-corrected chi connectivity index (χ2v) is 8.98. The number of hydrogen-bond acceptors (Lipinski definition) is 3. The number of carbonyl (C=O) groups is 1. The van der Waals surface area contributed by atoms with Gasteiger partial charge in [0.25, 0.3) is 0 Å². The summed E-state index contributed by atoms with van der Waals surface area (Å²) in [5.74, 6) is -0.0522. The van der Waals surface area contributed by atoms with E-state index in [-0.39, 0.29) is 17.8 Å². The third-order valence-corrected chi connectivity index (χ3v) is 6.78. The average molecular weight is 451 g/mol. The number of carbonyl (C=O) groups excluding carboxylic acids is 1. The predicted octanol–water partition coefficient (Wildman–Crippen LogP) is 6.17. The van der Waals surface area contributed by atoms with Gasteiger partial charge in [-0.25, -0.2) is 4.98 Å². The molecule has 1 saturated carbocycles. The molecule has 172 valence electrons. The van der Waals surface area contributed by atoms with Crippen molar-refractivity contribution < 1.29 is 9.53 Å². The van der Waals surface area contributed by atoms with Crippen molar-refractivity contribution >= 4 is 5.97 Å². The summed E-state index contributed by atoms with van der Waals surface area (Å²) in [4.78, 5) is 17.3. The Morgan fingerprint density at radius 3 is 1.94 bits per heavy atom. The van der Waals surface area contributed by atoms with Crippen molar-refractivity contribution in [2.45, 2.75) is 37.6 Å². The Bertz CT molecular complexity index is 1120. The van der Waals surface area contributed by atoms with E-state index in [0.29, 0.717) is 6.61 Å². The molecule has 1 aromatic heterocycles. The number of unbranched alkanes of at least 4 members (excludes halogenated alkanes) is 1. The topological polar surface area (TPSA) is 44.1 Å². The van der Waals surface area contributed by atoms with E-state index in [1.165, 1.54) is 0 Å². The Hall–Kier alpha value is -3.66. The van der Waals surface area contributed by atoms with Crippen molar-refractivity contribution in [2.75, 3.05) is 6.61 Å². The Morgan fingerprint density at radius 1 is 0.912 bits per heavy atom. The fourth-order valence-electron chi connectivity index (χ4n) is 4.90. The van der Waals surface area contributed by atoms with Gasteiger partial charge in [0.05, 0.1) is 24.5 Å². The number of imidazole rings is 1. The first kappa shape index (κ1) is 22.1. The molecule has 0 spiro atoms. The lowest BCUT2D eigenvalue weighted by atomic mass is 9.77. The molecule has 0 radical (unpaired) electrons. The lowest BCUT2D eigenvalue weighted by molar-refractivity contribution is -0.145. The van der Waals surface area contributed by atoms with Gasteiger partial charge in [-0.3, -0.25) is 4.79 Å². The zero-order chi connectivity index (χ0) is 23.4. The van der Waals surface area contributed by atoms with Crippen LogP contribution in [0.2, 0.25) is 0 Å². The maximum Gasteiger partial charge on any atom is 0.309 e. The highest BCUT2D eigenvalue weighted by Crippen LogP contribution is 2.49. The lowest BCUT2D eigenvalue weighted by Crippen LogP contribution is -2.36. The van der Waals surface area contributed by atoms with Crippen LogP contribution in [0.15, 0.2) is 104 Å². The molecule has 0 bridgehead atoms. The molecule has 0 amide bonds. The van der Waals surface area contributed by atoms with Crippen LogP contribution in [-0.4, -0.2) is 22.1 Å². The van der Waals surface area contributed by atoms with Crippen molar-refractivity contribution in [1.29, 1.82) is 0 Å². The summed E-state index contributed by atoms with van der Waals surface area (Å²) in [6.07, 6.45) is 6.77. The molecule has 4 nitrogen and oxygen atoms in total. The van der Waals surface area contributed by atoms with Crippen LogP contribution in [0.3, 0.4) is 0 Å². The van der Waals surface area contributed by atoms with Gasteiger partial charge in [-0.15, -0.1) is 0 Å². The fraction of sp³-hybridized carbons (Fsp3) is 0.267. The van der Waals surface area contributed by atoms with Gasteiger partial charge in [0.2, 0.25) is 0 Å². The van der Waals surface area contributed by atoms with E-state index in [4.69, 9.17) is 9.72 Å². The number of ether oxygens (including phenoxy) is 1. The zero-order valence-electron chi connectivity index (χ0n) is 19.5. The highest BCUT2D eigenvalue weighted by Gasteiger charge is 2.47. The monoisotopic (exact) mass is 450 g/mol. The summed E-state index contributed by atoms with van der Waals surface area (Å²) in [7, 11) is 0. The van der Waals surface area contributed by atoms with Gasteiger partial charge >= 0.3 is 5.97 Å². The van der Waals surface area contributed by atoms with E-state index in [1.54, 1.807) is 0 Å². The van der Waals surface area contributed by atoms with Gasteiger partial charge in [-0.05, 0) is 29.5 Å². The molecule has 4 aromatic rings. The number of esters is 1. The first-order chi connectivity index (χ1) is 16.7. The van der Waals surface area contributed by atoms with Crippen molar-refractivity contribution in [3.05, 3.63) is 126 Å². The predicted molar refractivity (Wildman–Crippen MR) is 134 cm³/mol. The molecule has 5 rings (SSSR count). The lowest BCUT2D eigenvalue weighted by Gasteiger charge is -2.37. The highest BCUT2D eigenvalue weighted by molar-refractivity contribution is 5.77. The maximum atomic E-state index is 12.5. The number of benzene rings is 3. The van der Waals surface area contributed by atoms with Crippen LogP contribution >= 0.6 is 0 Å². The standard InChI is InChI=1S/C30H30N2O2/c1-2-3-19-34-29(33)27-20-26(27)28-21-32(22-31-28)30(23-13-7-4-8-14-23,24-15-9-5-10-16-24)25-17-11-6-12-18-25/h4-18,21-22,26-27H,2-3,19-20H2,1H3/t26-,27?/m0/s1. The highest BCUT2D eigenvalue weighted by atomic mass is 16.5. The molecule has 34 heavy (non-hydrogen) atoms. The molecule has 4 heteroatoms. The van der Waals surface area contributed by atoms with Gasteiger partial charge in [0.15, 0.2) is 0 Å². The molecule has 1 heterocycles. The van der Waals surface area contributed by atoms with Gasteiger partial charge in [-0.1, -0.05) is 104 Å². The molecule has 0 saturated heterocycles. The Morgan fingerprint density at radius 2 is 1.44 bits per heavy atom. The fourth-order valence-corrected chi connectivity index (χ4v) is 4.90. The quantitative estimate of drug-likeness (QED) is 0.174. The molecular formula is C30H30N2O2. The second kappa shape index (κ2) is 9.68. The molecule has 2 atom stereocenters. The number of rotatable bonds is 9. The summed E-state index contributed by atoms with van der Waals surface area (Å²) in [5, 5.41) is 0. The van der Waals surface area contributed by atoms with E-state index in [0.717, 1.165) is 41.6 Å². The van der Waals surface area contributed by atoms with Gasteiger partial charge in [-0.2, -0.15) is 0 Å². The van der Waals surface area contributed by atoms with E-state index in [2.05, 4.69) is 90.5 Å². The Kier molecular flexibility index (Phi) is 6.31. The summed E-state index contributed by atoms with van der Waals surface area (Å²) in [6, 6.07) is 31.6. The van der Waals surface area contributed by atoms with E-state index in [9.17, 15) is 4.79 Å². The third-order valence-electron chi connectivity index (χ3n) is 6.78. The zero-order valence-corrected chi connectivity index (χ0v) is 19.5. The smallest absolute Gasteiger partial charge is 0.309 e. The molecule has 3 aromatic carbocycles. The number of nitrogens with zero attached hydrogens (tertiary/aromatic N) is 2. The molecule has 1 fully saturated rings. The second-order valence-electron chi connectivity index (χ2n) is 8.98.